The lowest BCUT2D eigenvalue weighted by atomic mass is 10.2. The molecule has 0 aromatic carbocycles. The zero-order valence-corrected chi connectivity index (χ0v) is 29.0. The summed E-state index contributed by atoms with van der Waals surface area (Å²) in [5, 5.41) is 0. The Morgan fingerprint density at radius 1 is 0.432 bits per heavy atom. The van der Waals surface area contributed by atoms with E-state index in [-0.39, 0.29) is 42.1 Å². The minimum atomic E-state index is -3.04. The predicted molar refractivity (Wildman–Crippen MR) is 162 cm³/mol. The van der Waals surface area contributed by atoms with Crippen LogP contribution in [-0.4, -0.2) is 55.8 Å². The van der Waals surface area contributed by atoms with Crippen LogP contribution < -0.4 is 0 Å². The maximum Gasteiger partial charge on any atom is 0.204 e. The fraction of sp³-hybridized carbons (Fsp3) is 1.00. The topological polar surface area (TPSA) is 78.9 Å². The average Bonchev–Trinajstić information content (AvgIpc) is 2.60. The van der Waals surface area contributed by atoms with Crippen LogP contribution in [0.25, 0.3) is 0 Å². The lowest BCUT2D eigenvalue weighted by Gasteiger charge is -2.34. The van der Waals surface area contributed by atoms with E-state index in [2.05, 4.69) is 0 Å². The molecule has 37 heavy (non-hydrogen) atoms. The minimum Gasteiger partial charge on any atom is -0.326 e. The normalized spacial score (nSPS) is 15.6. The van der Waals surface area contributed by atoms with Crippen LogP contribution in [0.4, 0.5) is 0 Å². The van der Waals surface area contributed by atoms with E-state index in [9.17, 15) is 13.7 Å². The molecule has 0 saturated heterocycles. The summed E-state index contributed by atoms with van der Waals surface area (Å²) in [6, 6.07) is 0. The molecule has 2 unspecified atom stereocenters. The van der Waals surface area contributed by atoms with Gasteiger partial charge in [-0.25, -0.2) is 0 Å². The molecular weight excluding hydrogens is 525 g/mol. The van der Waals surface area contributed by atoms with Crippen LogP contribution in [0, 0.1) is 35.5 Å². The zero-order chi connectivity index (χ0) is 29.2. The van der Waals surface area contributed by atoms with Crippen molar-refractivity contribution in [2.45, 2.75) is 102 Å². The molecule has 0 amide bonds. The lowest BCUT2D eigenvalue weighted by molar-refractivity contribution is 0.0346. The van der Waals surface area contributed by atoms with Crippen molar-refractivity contribution in [1.29, 1.82) is 0 Å². The molecule has 0 aromatic heterocycles. The molecule has 0 aliphatic carbocycles. The van der Waals surface area contributed by atoms with Crippen molar-refractivity contribution in [2.24, 2.45) is 35.5 Å². The third-order valence-corrected chi connectivity index (χ3v) is 15.3. The summed E-state index contributed by atoms with van der Waals surface area (Å²) < 4.78 is 60.8. The van der Waals surface area contributed by atoms with E-state index in [0.717, 1.165) is 0 Å². The van der Waals surface area contributed by atoms with Gasteiger partial charge in [-0.1, -0.05) is 83.1 Å². The first-order valence-electron chi connectivity index (χ1n) is 14.4. The van der Waals surface area contributed by atoms with Gasteiger partial charge < -0.3 is 13.6 Å². The molecule has 0 spiro atoms. The van der Waals surface area contributed by atoms with E-state index in [4.69, 9.17) is 13.6 Å². The summed E-state index contributed by atoms with van der Waals surface area (Å²) >= 11 is 0. The van der Waals surface area contributed by atoms with Crippen LogP contribution in [0.1, 0.15) is 90.0 Å². The molecule has 0 fully saturated rings. The second-order valence-electron chi connectivity index (χ2n) is 13.7. The van der Waals surface area contributed by atoms with Gasteiger partial charge in [-0.2, -0.15) is 0 Å². The maximum atomic E-state index is 14.1. The highest BCUT2D eigenvalue weighted by molar-refractivity contribution is 7.59. The molecule has 0 N–H and O–H groups in total. The Kier molecular flexibility index (Phi) is 17.0. The fourth-order valence-corrected chi connectivity index (χ4v) is 14.5. The van der Waals surface area contributed by atoms with Gasteiger partial charge in [-0.15, -0.1) is 0 Å². The molecule has 9 heteroatoms. The Morgan fingerprint density at radius 3 is 1.00 bits per heavy atom. The monoisotopic (exact) mass is 586 g/mol. The maximum absolute atomic E-state index is 14.1. The van der Waals surface area contributed by atoms with Crippen LogP contribution in [0.15, 0.2) is 0 Å². The molecule has 2 atom stereocenters. The van der Waals surface area contributed by atoms with E-state index in [1.165, 1.54) is 0 Å². The van der Waals surface area contributed by atoms with Crippen molar-refractivity contribution >= 4 is 22.1 Å². The molecule has 0 heterocycles. The predicted octanol–water partition coefficient (Wildman–Crippen LogP) is 9.56. The first kappa shape index (κ1) is 37.6. The molecule has 0 aliphatic rings. The van der Waals surface area contributed by atoms with Crippen molar-refractivity contribution in [3.05, 3.63) is 0 Å². The van der Waals surface area contributed by atoms with Crippen LogP contribution in [0.3, 0.4) is 0 Å². The summed E-state index contributed by atoms with van der Waals surface area (Å²) in [6.07, 6.45) is 1.53. The number of hydrogen-bond acceptors (Lipinski definition) is 6. The summed E-state index contributed by atoms with van der Waals surface area (Å²) in [7, 11) is -8.94. The molecule has 0 bridgehead atoms. The van der Waals surface area contributed by atoms with Gasteiger partial charge in [-0.05, 0) is 42.4 Å². The second-order valence-corrected chi connectivity index (χ2v) is 21.4. The van der Waals surface area contributed by atoms with Gasteiger partial charge in [0.1, 0.15) is 6.10 Å². The Hall–Kier alpha value is 0.570. The number of hydrogen-bond donors (Lipinski definition) is 0. The Morgan fingerprint density at radius 2 is 0.703 bits per heavy atom. The Labute approximate surface area is 230 Å². The molecule has 0 aliphatic heterocycles. The van der Waals surface area contributed by atoms with E-state index >= 15 is 0 Å². The summed E-state index contributed by atoms with van der Waals surface area (Å²) in [4.78, 5) is 0. The quantitative estimate of drug-likeness (QED) is 0.132. The highest BCUT2D eigenvalue weighted by Crippen LogP contribution is 2.56. The van der Waals surface area contributed by atoms with Crippen LogP contribution in [0.2, 0.25) is 0 Å². The van der Waals surface area contributed by atoms with Gasteiger partial charge in [0.25, 0.3) is 0 Å². The smallest absolute Gasteiger partial charge is 0.204 e. The highest BCUT2D eigenvalue weighted by Gasteiger charge is 2.38. The molecule has 0 rings (SSSR count). The van der Waals surface area contributed by atoms with Crippen LogP contribution >= 0.6 is 22.1 Å². The SMILES string of the molecule is CC(C)CP(=O)(CC(C)C)OCC(OP(=O)(CC(C)C)CC(C)C)C(C)OP(=O)(CC(C)C)CC(C)C. The first-order chi connectivity index (χ1) is 16.7. The van der Waals surface area contributed by atoms with Gasteiger partial charge >= 0.3 is 0 Å². The fourth-order valence-electron chi connectivity index (χ4n) is 4.92. The second kappa shape index (κ2) is 16.7. The van der Waals surface area contributed by atoms with Crippen molar-refractivity contribution in [2.75, 3.05) is 43.6 Å². The zero-order valence-electron chi connectivity index (χ0n) is 26.4. The summed E-state index contributed by atoms with van der Waals surface area (Å²) in [5.74, 6) is 1.29. The molecule has 0 aromatic rings. The van der Waals surface area contributed by atoms with E-state index in [1.807, 2.05) is 90.0 Å². The standard InChI is InChI=1S/C28H61O6P3/c1-21(2)15-35(29,16-22(3)4)32-14-28(34-37(31,19-25(9)10)20-26(11)12)27(13)33-36(30,17-23(5)6)18-24(7)8/h21-28H,14-20H2,1-13H3. The first-order valence-corrected chi connectivity index (χ1v) is 20.4. The molecule has 6 nitrogen and oxygen atoms in total. The van der Waals surface area contributed by atoms with Gasteiger partial charge in [0.15, 0.2) is 0 Å². The molecular formula is C28H61O6P3. The molecule has 0 saturated carbocycles. The van der Waals surface area contributed by atoms with Gasteiger partial charge in [0, 0.05) is 37.0 Å². The average molecular weight is 587 g/mol. The molecule has 0 radical (unpaired) electrons. The van der Waals surface area contributed by atoms with Crippen LogP contribution in [-0.2, 0) is 27.3 Å². The van der Waals surface area contributed by atoms with Crippen molar-refractivity contribution < 1.29 is 27.3 Å². The van der Waals surface area contributed by atoms with Crippen molar-refractivity contribution in [1.82, 2.24) is 0 Å². The van der Waals surface area contributed by atoms with Gasteiger partial charge in [0.05, 0.1) is 12.7 Å². The Bertz CT molecular complexity index is 734. The van der Waals surface area contributed by atoms with Crippen LogP contribution in [0.5, 0.6) is 0 Å². The Balaban J connectivity index is 6.23. The van der Waals surface area contributed by atoms with Crippen molar-refractivity contribution in [3.63, 3.8) is 0 Å². The third-order valence-electron chi connectivity index (χ3n) is 5.54. The van der Waals surface area contributed by atoms with E-state index in [0.29, 0.717) is 37.0 Å². The van der Waals surface area contributed by atoms with Gasteiger partial charge in [0.2, 0.25) is 22.1 Å². The minimum absolute atomic E-state index is 0.0153. The summed E-state index contributed by atoms with van der Waals surface area (Å²) in [6.45, 7) is 26.4. The lowest BCUT2D eigenvalue weighted by Crippen LogP contribution is -2.34. The largest absolute Gasteiger partial charge is 0.326 e. The van der Waals surface area contributed by atoms with E-state index < -0.39 is 34.3 Å². The van der Waals surface area contributed by atoms with Crippen molar-refractivity contribution in [3.8, 4) is 0 Å². The molecule has 224 valence electrons. The third kappa shape index (κ3) is 17.1. The number of rotatable bonds is 20. The summed E-state index contributed by atoms with van der Waals surface area (Å²) in [5.41, 5.74) is 0. The van der Waals surface area contributed by atoms with Gasteiger partial charge in [-0.3, -0.25) is 13.7 Å². The highest BCUT2D eigenvalue weighted by atomic mass is 31.2. The van der Waals surface area contributed by atoms with E-state index in [1.54, 1.807) is 0 Å².